The van der Waals surface area contributed by atoms with Crippen LogP contribution in [-0.4, -0.2) is 32.8 Å². The van der Waals surface area contributed by atoms with E-state index in [-0.39, 0.29) is 11.9 Å². The molecule has 2 aromatic carbocycles. The van der Waals surface area contributed by atoms with Crippen molar-refractivity contribution in [3.05, 3.63) is 53.6 Å². The highest BCUT2D eigenvalue weighted by Crippen LogP contribution is 2.28. The summed E-state index contributed by atoms with van der Waals surface area (Å²) in [5.74, 6) is 2.15. The number of benzene rings is 2. The zero-order valence-electron chi connectivity index (χ0n) is 13.9. The van der Waals surface area contributed by atoms with E-state index in [0.717, 1.165) is 23.3 Å². The van der Waals surface area contributed by atoms with Crippen LogP contribution in [0.1, 0.15) is 11.1 Å². The van der Waals surface area contributed by atoms with Crippen LogP contribution >= 0.6 is 0 Å². The van der Waals surface area contributed by atoms with Crippen molar-refractivity contribution in [2.45, 2.75) is 18.9 Å². The molecule has 5 heteroatoms. The average molecular weight is 327 g/mol. The topological polar surface area (TPSA) is 56.8 Å². The number of rotatable bonds is 5. The Hall–Kier alpha value is -2.69. The fraction of sp³-hybridized carbons (Fsp3) is 0.316. The van der Waals surface area contributed by atoms with E-state index in [9.17, 15) is 4.79 Å². The monoisotopic (exact) mass is 327 g/mol. The molecule has 0 saturated heterocycles. The first kappa shape index (κ1) is 16.2. The molecule has 0 spiro atoms. The molecule has 1 heterocycles. The van der Waals surface area contributed by atoms with E-state index in [2.05, 4.69) is 5.32 Å². The number of ether oxygens (including phenoxy) is 3. The summed E-state index contributed by atoms with van der Waals surface area (Å²) in [5, 5.41) is 3.04. The second-order valence-corrected chi connectivity index (χ2v) is 5.75. The van der Waals surface area contributed by atoms with E-state index in [1.54, 1.807) is 20.3 Å². The molecule has 2 aromatic rings. The van der Waals surface area contributed by atoms with Gasteiger partial charge >= 0.3 is 0 Å². The first-order valence-corrected chi connectivity index (χ1v) is 7.90. The van der Waals surface area contributed by atoms with Crippen molar-refractivity contribution in [3.8, 4) is 17.2 Å². The van der Waals surface area contributed by atoms with Gasteiger partial charge in [-0.25, -0.2) is 0 Å². The highest BCUT2D eigenvalue weighted by atomic mass is 16.5. The van der Waals surface area contributed by atoms with Crippen LogP contribution in [0, 0.1) is 0 Å². The zero-order valence-corrected chi connectivity index (χ0v) is 13.9. The molecule has 0 unspecified atom stereocenters. The molecule has 0 bridgehead atoms. The Bertz CT molecular complexity index is 729. The zero-order chi connectivity index (χ0) is 16.9. The Balaban J connectivity index is 1.60. The van der Waals surface area contributed by atoms with Gasteiger partial charge in [-0.3, -0.25) is 4.79 Å². The normalized spacial score (nSPS) is 15.8. The third-order valence-electron chi connectivity index (χ3n) is 4.06. The lowest BCUT2D eigenvalue weighted by molar-refractivity contribution is -0.121. The van der Waals surface area contributed by atoms with Crippen molar-refractivity contribution in [2.24, 2.45) is 0 Å². The van der Waals surface area contributed by atoms with Gasteiger partial charge in [-0.2, -0.15) is 0 Å². The molecule has 1 atom stereocenters. The second kappa shape index (κ2) is 7.25. The molecule has 24 heavy (non-hydrogen) atoms. The molecule has 0 aromatic heterocycles. The number of fused-ring (bicyclic) bond motifs is 1. The van der Waals surface area contributed by atoms with Crippen LogP contribution in [-0.2, 0) is 17.6 Å². The third-order valence-corrected chi connectivity index (χ3v) is 4.06. The van der Waals surface area contributed by atoms with Gasteiger partial charge in [-0.15, -0.1) is 0 Å². The van der Waals surface area contributed by atoms with Crippen LogP contribution < -0.4 is 19.5 Å². The van der Waals surface area contributed by atoms with Gasteiger partial charge < -0.3 is 19.5 Å². The van der Waals surface area contributed by atoms with Gasteiger partial charge in [0.15, 0.2) is 11.5 Å². The van der Waals surface area contributed by atoms with Crippen LogP contribution in [0.4, 0.5) is 0 Å². The Morgan fingerprint density at radius 2 is 1.96 bits per heavy atom. The lowest BCUT2D eigenvalue weighted by Gasteiger charge is -2.26. The first-order chi connectivity index (χ1) is 11.7. The van der Waals surface area contributed by atoms with Gasteiger partial charge in [0.05, 0.1) is 26.7 Å². The van der Waals surface area contributed by atoms with E-state index >= 15 is 0 Å². The summed E-state index contributed by atoms with van der Waals surface area (Å²) in [5.41, 5.74) is 2.00. The predicted octanol–water partition coefficient (Wildman–Crippen LogP) is 2.37. The molecule has 126 valence electrons. The molecule has 5 nitrogen and oxygen atoms in total. The number of hydrogen-bond donors (Lipinski definition) is 1. The van der Waals surface area contributed by atoms with Crippen molar-refractivity contribution in [1.29, 1.82) is 0 Å². The van der Waals surface area contributed by atoms with E-state index in [4.69, 9.17) is 14.2 Å². The molecule has 0 saturated carbocycles. The molecular weight excluding hydrogens is 306 g/mol. The molecular formula is C19H21NO4. The molecule has 0 fully saturated rings. The van der Waals surface area contributed by atoms with Crippen molar-refractivity contribution in [3.63, 3.8) is 0 Å². The summed E-state index contributed by atoms with van der Waals surface area (Å²) in [4.78, 5) is 12.3. The highest BCUT2D eigenvalue weighted by Gasteiger charge is 2.21. The lowest BCUT2D eigenvalue weighted by atomic mass is 10.0. The predicted molar refractivity (Wildman–Crippen MR) is 90.8 cm³/mol. The van der Waals surface area contributed by atoms with Crippen molar-refractivity contribution < 1.29 is 19.0 Å². The third kappa shape index (κ3) is 3.62. The second-order valence-electron chi connectivity index (χ2n) is 5.75. The summed E-state index contributed by atoms with van der Waals surface area (Å²) < 4.78 is 16.2. The largest absolute Gasteiger partial charge is 0.493 e. The van der Waals surface area contributed by atoms with E-state index in [0.29, 0.717) is 24.5 Å². The SMILES string of the molecule is COc1ccc(CC(=O)N[C@@H]2COc3ccccc3C2)cc1OC. The van der Waals surface area contributed by atoms with Crippen LogP contribution in [0.15, 0.2) is 42.5 Å². The lowest BCUT2D eigenvalue weighted by Crippen LogP contribution is -2.43. The molecule has 1 aliphatic rings. The Labute approximate surface area is 141 Å². The number of methoxy groups -OCH3 is 2. The van der Waals surface area contributed by atoms with Crippen LogP contribution in [0.2, 0.25) is 0 Å². The first-order valence-electron chi connectivity index (χ1n) is 7.90. The molecule has 1 amide bonds. The Morgan fingerprint density at radius 3 is 2.75 bits per heavy atom. The van der Waals surface area contributed by atoms with Crippen LogP contribution in [0.5, 0.6) is 17.2 Å². The van der Waals surface area contributed by atoms with E-state index in [1.807, 2.05) is 36.4 Å². The van der Waals surface area contributed by atoms with Crippen molar-refractivity contribution >= 4 is 5.91 Å². The van der Waals surface area contributed by atoms with Crippen LogP contribution in [0.3, 0.4) is 0 Å². The van der Waals surface area contributed by atoms with Gasteiger partial charge in [0, 0.05) is 0 Å². The summed E-state index contributed by atoms with van der Waals surface area (Å²) in [6.45, 7) is 0.495. The number of carbonyl (C=O) groups excluding carboxylic acids is 1. The minimum Gasteiger partial charge on any atom is -0.493 e. The maximum atomic E-state index is 12.3. The Morgan fingerprint density at radius 1 is 1.17 bits per heavy atom. The number of hydrogen-bond acceptors (Lipinski definition) is 4. The fourth-order valence-electron chi connectivity index (χ4n) is 2.88. The quantitative estimate of drug-likeness (QED) is 0.916. The summed E-state index contributed by atoms with van der Waals surface area (Å²) >= 11 is 0. The number of para-hydroxylation sites is 1. The van der Waals surface area contributed by atoms with Gasteiger partial charge in [0.1, 0.15) is 12.4 Å². The van der Waals surface area contributed by atoms with Crippen LogP contribution in [0.25, 0.3) is 0 Å². The fourth-order valence-corrected chi connectivity index (χ4v) is 2.88. The molecule has 1 aliphatic heterocycles. The average Bonchev–Trinajstić information content (AvgIpc) is 2.61. The van der Waals surface area contributed by atoms with Gasteiger partial charge in [-0.05, 0) is 35.7 Å². The maximum Gasteiger partial charge on any atom is 0.224 e. The summed E-state index contributed by atoms with van der Waals surface area (Å²) in [6.07, 6.45) is 1.08. The van der Waals surface area contributed by atoms with E-state index in [1.165, 1.54) is 0 Å². The molecule has 0 aliphatic carbocycles. The van der Waals surface area contributed by atoms with Crippen molar-refractivity contribution in [1.82, 2.24) is 5.32 Å². The van der Waals surface area contributed by atoms with Crippen molar-refractivity contribution in [2.75, 3.05) is 20.8 Å². The molecule has 0 radical (unpaired) electrons. The summed E-state index contributed by atoms with van der Waals surface area (Å²) in [7, 11) is 3.17. The Kier molecular flexibility index (Phi) is 4.89. The smallest absolute Gasteiger partial charge is 0.224 e. The number of carbonyl (C=O) groups is 1. The standard InChI is InChI=1S/C19H21NO4/c1-22-17-8-7-13(9-18(17)23-2)10-19(21)20-15-11-14-5-3-4-6-16(14)24-12-15/h3-9,15H,10-12H2,1-2H3,(H,20,21)/t15-/m0/s1. The summed E-state index contributed by atoms with van der Waals surface area (Å²) in [6, 6.07) is 13.4. The molecule has 3 rings (SSSR count). The van der Waals surface area contributed by atoms with E-state index < -0.39 is 0 Å². The van der Waals surface area contributed by atoms with Gasteiger partial charge in [-0.1, -0.05) is 24.3 Å². The van der Waals surface area contributed by atoms with Gasteiger partial charge in [0.25, 0.3) is 0 Å². The maximum absolute atomic E-state index is 12.3. The number of nitrogens with one attached hydrogen (secondary N) is 1. The number of amides is 1. The minimum absolute atomic E-state index is 0.00690. The van der Waals surface area contributed by atoms with Gasteiger partial charge in [0.2, 0.25) is 5.91 Å². The highest BCUT2D eigenvalue weighted by molar-refractivity contribution is 5.79. The minimum atomic E-state index is -0.0322. The molecule has 1 N–H and O–H groups in total.